The highest BCUT2D eigenvalue weighted by Crippen LogP contribution is 2.14. The van der Waals surface area contributed by atoms with Gasteiger partial charge in [-0.05, 0) is 31.0 Å². The molecule has 1 heterocycles. The van der Waals surface area contributed by atoms with E-state index < -0.39 is 10.0 Å². The number of amides is 1. The summed E-state index contributed by atoms with van der Waals surface area (Å²) in [6, 6.07) is 6.90. The number of nitrogens with zero attached hydrogens (tertiary/aromatic N) is 1. The van der Waals surface area contributed by atoms with Crippen LogP contribution in [-0.4, -0.2) is 51.0 Å². The van der Waals surface area contributed by atoms with Crippen LogP contribution in [-0.2, 0) is 20.5 Å². The number of hydrogen-bond donors (Lipinski definition) is 1. The van der Waals surface area contributed by atoms with Gasteiger partial charge in [0.05, 0.1) is 19.0 Å². The molecule has 1 aliphatic heterocycles. The molecule has 7 heteroatoms. The normalized spacial score (nSPS) is 17.4. The highest BCUT2D eigenvalue weighted by molar-refractivity contribution is 7.88. The minimum atomic E-state index is -3.34. The van der Waals surface area contributed by atoms with Crippen molar-refractivity contribution in [1.82, 2.24) is 9.62 Å². The van der Waals surface area contributed by atoms with Gasteiger partial charge in [-0.25, -0.2) is 8.42 Å². The molecule has 1 saturated heterocycles. The standard InChI is InChI=1S/C17H26N2O4S/c1-3-4-14(2)18-17(20)16-7-5-15(6-8-16)13-24(21,22)19-9-11-23-12-10-19/h5-8,14H,3-4,9-13H2,1-2H3,(H,18,20). The lowest BCUT2D eigenvalue weighted by molar-refractivity contribution is 0.0729. The van der Waals surface area contributed by atoms with Crippen molar-refractivity contribution in [1.29, 1.82) is 0 Å². The molecule has 1 aromatic rings. The quantitative estimate of drug-likeness (QED) is 0.810. The van der Waals surface area contributed by atoms with Gasteiger partial charge in [-0.3, -0.25) is 4.79 Å². The van der Waals surface area contributed by atoms with Crippen molar-refractivity contribution >= 4 is 15.9 Å². The maximum Gasteiger partial charge on any atom is 0.251 e. The van der Waals surface area contributed by atoms with Gasteiger partial charge in [0.25, 0.3) is 5.91 Å². The van der Waals surface area contributed by atoms with Crippen molar-refractivity contribution in [3.8, 4) is 0 Å². The van der Waals surface area contributed by atoms with Crippen LogP contribution in [0.3, 0.4) is 0 Å². The lowest BCUT2D eigenvalue weighted by Crippen LogP contribution is -2.41. The topological polar surface area (TPSA) is 75.7 Å². The van der Waals surface area contributed by atoms with Crippen LogP contribution in [0.5, 0.6) is 0 Å². The SMILES string of the molecule is CCCC(C)NC(=O)c1ccc(CS(=O)(=O)N2CCOCC2)cc1. The zero-order chi connectivity index (χ0) is 17.6. The fourth-order valence-corrected chi connectivity index (χ4v) is 4.19. The Bertz CT molecular complexity index is 637. The molecule has 1 aromatic carbocycles. The molecule has 0 spiro atoms. The summed E-state index contributed by atoms with van der Waals surface area (Å²) in [5.74, 6) is -0.181. The molecule has 0 aromatic heterocycles. The van der Waals surface area contributed by atoms with E-state index in [2.05, 4.69) is 12.2 Å². The Morgan fingerprint density at radius 2 is 1.88 bits per heavy atom. The molecule has 1 fully saturated rings. The Morgan fingerprint density at radius 3 is 2.46 bits per heavy atom. The molecule has 0 bridgehead atoms. The summed E-state index contributed by atoms with van der Waals surface area (Å²) >= 11 is 0. The van der Waals surface area contributed by atoms with E-state index in [1.165, 1.54) is 4.31 Å². The van der Waals surface area contributed by atoms with Gasteiger partial charge in [0.15, 0.2) is 0 Å². The first-order valence-corrected chi connectivity index (χ1v) is 9.98. The molecule has 24 heavy (non-hydrogen) atoms. The molecule has 6 nitrogen and oxygen atoms in total. The molecule has 1 N–H and O–H groups in total. The molecule has 1 atom stereocenters. The third-order valence-corrected chi connectivity index (χ3v) is 5.88. The maximum absolute atomic E-state index is 12.4. The molecule has 2 rings (SSSR count). The fourth-order valence-electron chi connectivity index (χ4n) is 2.69. The van der Waals surface area contributed by atoms with Crippen LogP contribution >= 0.6 is 0 Å². The van der Waals surface area contributed by atoms with Gasteiger partial charge in [-0.15, -0.1) is 0 Å². The Labute approximate surface area is 144 Å². The molecular formula is C17H26N2O4S. The summed E-state index contributed by atoms with van der Waals surface area (Å²) < 4.78 is 31.4. The highest BCUT2D eigenvalue weighted by Gasteiger charge is 2.24. The fraction of sp³-hybridized carbons (Fsp3) is 0.588. The zero-order valence-corrected chi connectivity index (χ0v) is 15.1. The van der Waals surface area contributed by atoms with Crippen molar-refractivity contribution in [2.24, 2.45) is 0 Å². The zero-order valence-electron chi connectivity index (χ0n) is 14.3. The van der Waals surface area contributed by atoms with Crippen LogP contribution < -0.4 is 5.32 Å². The van der Waals surface area contributed by atoms with Crippen LogP contribution in [0.4, 0.5) is 0 Å². The van der Waals surface area contributed by atoms with E-state index in [4.69, 9.17) is 4.74 Å². The Morgan fingerprint density at radius 1 is 1.25 bits per heavy atom. The number of nitrogens with one attached hydrogen (secondary N) is 1. The van der Waals surface area contributed by atoms with Crippen LogP contribution in [0, 0.1) is 0 Å². The monoisotopic (exact) mass is 354 g/mol. The van der Waals surface area contributed by atoms with E-state index >= 15 is 0 Å². The Hall–Kier alpha value is -1.44. The van der Waals surface area contributed by atoms with Gasteiger partial charge < -0.3 is 10.1 Å². The second-order valence-corrected chi connectivity index (χ2v) is 8.10. The summed E-state index contributed by atoms with van der Waals surface area (Å²) in [4.78, 5) is 12.1. The maximum atomic E-state index is 12.4. The van der Waals surface area contributed by atoms with Gasteiger partial charge in [-0.2, -0.15) is 4.31 Å². The number of sulfonamides is 1. The van der Waals surface area contributed by atoms with Crippen LogP contribution in [0.1, 0.15) is 42.6 Å². The van der Waals surface area contributed by atoms with Crippen LogP contribution in [0.2, 0.25) is 0 Å². The average Bonchev–Trinajstić information content (AvgIpc) is 2.56. The van der Waals surface area contributed by atoms with E-state index in [1.54, 1.807) is 24.3 Å². The minimum Gasteiger partial charge on any atom is -0.379 e. The van der Waals surface area contributed by atoms with Gasteiger partial charge in [0.2, 0.25) is 10.0 Å². The molecule has 1 aliphatic rings. The van der Waals surface area contributed by atoms with Crippen LogP contribution in [0.25, 0.3) is 0 Å². The summed E-state index contributed by atoms with van der Waals surface area (Å²) in [5.41, 5.74) is 1.23. The van der Waals surface area contributed by atoms with Crippen LogP contribution in [0.15, 0.2) is 24.3 Å². The van der Waals surface area contributed by atoms with Crippen molar-refractivity contribution < 1.29 is 17.9 Å². The second kappa shape index (κ2) is 8.60. The third kappa shape index (κ3) is 5.29. The van der Waals surface area contributed by atoms with Crippen molar-refractivity contribution in [3.63, 3.8) is 0 Å². The molecular weight excluding hydrogens is 328 g/mol. The molecule has 0 aliphatic carbocycles. The number of rotatable bonds is 7. The molecule has 1 unspecified atom stereocenters. The lowest BCUT2D eigenvalue weighted by Gasteiger charge is -2.26. The van der Waals surface area contributed by atoms with E-state index in [0.717, 1.165) is 12.8 Å². The number of hydrogen-bond acceptors (Lipinski definition) is 4. The first-order valence-electron chi connectivity index (χ1n) is 8.37. The molecule has 1 amide bonds. The van der Waals surface area contributed by atoms with E-state index in [9.17, 15) is 13.2 Å². The summed E-state index contributed by atoms with van der Waals surface area (Å²) in [6.07, 6.45) is 1.95. The van der Waals surface area contributed by atoms with Crippen molar-refractivity contribution in [2.45, 2.75) is 38.5 Å². The highest BCUT2D eigenvalue weighted by atomic mass is 32.2. The molecule has 0 saturated carbocycles. The third-order valence-electron chi connectivity index (χ3n) is 4.03. The first kappa shape index (κ1) is 18.9. The van der Waals surface area contributed by atoms with E-state index in [0.29, 0.717) is 37.4 Å². The van der Waals surface area contributed by atoms with E-state index in [-0.39, 0.29) is 17.7 Å². The first-order chi connectivity index (χ1) is 11.4. The number of benzene rings is 1. The van der Waals surface area contributed by atoms with Gasteiger partial charge >= 0.3 is 0 Å². The number of carbonyl (C=O) groups is 1. The molecule has 134 valence electrons. The van der Waals surface area contributed by atoms with Gasteiger partial charge in [0.1, 0.15) is 0 Å². The smallest absolute Gasteiger partial charge is 0.251 e. The number of morpholine rings is 1. The Balaban J connectivity index is 1.97. The number of carbonyl (C=O) groups excluding carboxylic acids is 1. The predicted molar refractivity (Wildman–Crippen MR) is 93.3 cm³/mol. The summed E-state index contributed by atoms with van der Waals surface area (Å²) in [7, 11) is -3.34. The van der Waals surface area contributed by atoms with E-state index in [1.807, 2.05) is 6.92 Å². The Kier molecular flexibility index (Phi) is 6.77. The average molecular weight is 354 g/mol. The van der Waals surface area contributed by atoms with Gasteiger partial charge in [-0.1, -0.05) is 25.5 Å². The number of ether oxygens (including phenoxy) is 1. The lowest BCUT2D eigenvalue weighted by atomic mass is 10.1. The summed E-state index contributed by atoms with van der Waals surface area (Å²) in [6.45, 7) is 5.73. The summed E-state index contributed by atoms with van der Waals surface area (Å²) in [5, 5.41) is 2.94. The van der Waals surface area contributed by atoms with Crippen molar-refractivity contribution in [2.75, 3.05) is 26.3 Å². The molecule has 0 radical (unpaired) electrons. The van der Waals surface area contributed by atoms with Gasteiger partial charge in [0, 0.05) is 24.7 Å². The minimum absolute atomic E-state index is 0.0544. The van der Waals surface area contributed by atoms with Crippen molar-refractivity contribution in [3.05, 3.63) is 35.4 Å². The second-order valence-electron chi connectivity index (χ2n) is 6.13. The largest absolute Gasteiger partial charge is 0.379 e. The predicted octanol–water partition coefficient (Wildman–Crippen LogP) is 1.77.